The van der Waals surface area contributed by atoms with Crippen molar-refractivity contribution in [3.8, 4) is 11.5 Å². The number of methoxy groups -OCH3 is 2. The van der Waals surface area contributed by atoms with Crippen molar-refractivity contribution in [3.05, 3.63) is 53.1 Å². The SMILES string of the molecule is COc1ccc([C@@H](O)CNC(=O)Nc2ccccc2Cl)cc1OC. The van der Waals surface area contributed by atoms with Gasteiger partial charge in [0, 0.05) is 6.54 Å². The molecule has 0 saturated carbocycles. The van der Waals surface area contributed by atoms with Crippen LogP contribution in [0, 0.1) is 0 Å². The quantitative estimate of drug-likeness (QED) is 0.747. The molecule has 0 heterocycles. The molecule has 2 aromatic rings. The van der Waals surface area contributed by atoms with Gasteiger partial charge in [-0.25, -0.2) is 4.79 Å². The molecule has 0 aliphatic carbocycles. The van der Waals surface area contributed by atoms with Gasteiger partial charge in [-0.2, -0.15) is 0 Å². The van der Waals surface area contributed by atoms with Crippen LogP contribution < -0.4 is 20.1 Å². The fourth-order valence-corrected chi connectivity index (χ4v) is 2.28. The Kier molecular flexibility index (Phi) is 6.28. The fourth-order valence-electron chi connectivity index (χ4n) is 2.10. The number of rotatable bonds is 6. The second-order valence-corrected chi connectivity index (χ2v) is 5.35. The van der Waals surface area contributed by atoms with Gasteiger partial charge in [-0.05, 0) is 29.8 Å². The Bertz CT molecular complexity index is 709. The van der Waals surface area contributed by atoms with Crippen molar-refractivity contribution in [1.29, 1.82) is 0 Å². The monoisotopic (exact) mass is 350 g/mol. The third kappa shape index (κ3) is 4.53. The molecule has 0 aromatic heterocycles. The summed E-state index contributed by atoms with van der Waals surface area (Å²) in [5, 5.41) is 15.9. The molecule has 0 fully saturated rings. The van der Waals surface area contributed by atoms with E-state index in [0.717, 1.165) is 0 Å². The van der Waals surface area contributed by atoms with Gasteiger partial charge in [0.25, 0.3) is 0 Å². The van der Waals surface area contributed by atoms with Crippen molar-refractivity contribution < 1.29 is 19.4 Å². The van der Waals surface area contributed by atoms with Gasteiger partial charge in [0.2, 0.25) is 0 Å². The average Bonchev–Trinajstić information content (AvgIpc) is 2.61. The first-order valence-electron chi connectivity index (χ1n) is 7.24. The maximum Gasteiger partial charge on any atom is 0.319 e. The largest absolute Gasteiger partial charge is 0.493 e. The minimum atomic E-state index is -0.887. The maximum absolute atomic E-state index is 11.9. The number of hydrogen-bond donors (Lipinski definition) is 3. The highest BCUT2D eigenvalue weighted by Crippen LogP contribution is 2.29. The molecule has 0 bridgehead atoms. The number of aliphatic hydroxyl groups is 1. The Morgan fingerprint density at radius 2 is 1.88 bits per heavy atom. The molecule has 24 heavy (non-hydrogen) atoms. The molecule has 0 aliphatic heterocycles. The normalized spacial score (nSPS) is 11.5. The van der Waals surface area contributed by atoms with Gasteiger partial charge < -0.3 is 25.2 Å². The van der Waals surface area contributed by atoms with Crippen molar-refractivity contribution in [2.24, 2.45) is 0 Å². The van der Waals surface area contributed by atoms with Gasteiger partial charge in [-0.1, -0.05) is 29.8 Å². The standard InChI is InChI=1S/C17H19ClN2O4/c1-23-15-8-7-11(9-16(15)24-2)14(21)10-19-17(22)20-13-6-4-3-5-12(13)18/h3-9,14,21H,10H2,1-2H3,(H2,19,20,22)/t14-/m0/s1. The van der Waals surface area contributed by atoms with Crippen molar-refractivity contribution >= 4 is 23.3 Å². The predicted octanol–water partition coefficient (Wildman–Crippen LogP) is 3.21. The molecule has 0 aliphatic rings. The summed E-state index contributed by atoms with van der Waals surface area (Å²) >= 11 is 5.97. The molecule has 0 unspecified atom stereocenters. The van der Waals surface area contributed by atoms with E-state index in [1.807, 2.05) is 0 Å². The highest BCUT2D eigenvalue weighted by atomic mass is 35.5. The van der Waals surface area contributed by atoms with Gasteiger partial charge >= 0.3 is 6.03 Å². The molecule has 0 radical (unpaired) electrons. The molecule has 128 valence electrons. The zero-order chi connectivity index (χ0) is 17.5. The van der Waals surface area contributed by atoms with Crippen molar-refractivity contribution in [1.82, 2.24) is 5.32 Å². The summed E-state index contributed by atoms with van der Waals surface area (Å²) in [7, 11) is 3.05. The minimum absolute atomic E-state index is 0.0335. The first kappa shape index (κ1) is 17.9. The van der Waals surface area contributed by atoms with Crippen LogP contribution in [0.4, 0.5) is 10.5 Å². The van der Waals surface area contributed by atoms with E-state index < -0.39 is 12.1 Å². The number of amides is 2. The molecule has 0 spiro atoms. The Morgan fingerprint density at radius 1 is 1.17 bits per heavy atom. The molecule has 1 atom stereocenters. The first-order chi connectivity index (χ1) is 11.5. The lowest BCUT2D eigenvalue weighted by atomic mass is 10.1. The van der Waals surface area contributed by atoms with Gasteiger partial charge in [-0.3, -0.25) is 0 Å². The first-order valence-corrected chi connectivity index (χ1v) is 7.62. The summed E-state index contributed by atoms with van der Waals surface area (Å²) in [5.74, 6) is 1.08. The van der Waals surface area contributed by atoms with Crippen LogP contribution in [0.1, 0.15) is 11.7 Å². The molecule has 2 aromatic carbocycles. The van der Waals surface area contributed by atoms with E-state index in [1.54, 1.807) is 42.5 Å². The van der Waals surface area contributed by atoms with E-state index >= 15 is 0 Å². The van der Waals surface area contributed by atoms with Crippen LogP contribution in [0.15, 0.2) is 42.5 Å². The third-order valence-corrected chi connectivity index (χ3v) is 3.70. The van der Waals surface area contributed by atoms with E-state index in [1.165, 1.54) is 14.2 Å². The number of hydrogen-bond acceptors (Lipinski definition) is 4. The van der Waals surface area contributed by atoms with Crippen LogP contribution in [0.5, 0.6) is 11.5 Å². The van der Waals surface area contributed by atoms with E-state index in [2.05, 4.69) is 10.6 Å². The number of nitrogens with one attached hydrogen (secondary N) is 2. The number of carbonyl (C=O) groups is 1. The minimum Gasteiger partial charge on any atom is -0.493 e. The lowest BCUT2D eigenvalue weighted by molar-refractivity contribution is 0.174. The van der Waals surface area contributed by atoms with E-state index in [0.29, 0.717) is 27.8 Å². The number of para-hydroxylation sites is 1. The van der Waals surface area contributed by atoms with Crippen LogP contribution in [-0.2, 0) is 0 Å². The van der Waals surface area contributed by atoms with Gasteiger partial charge in [0.05, 0.1) is 31.0 Å². The summed E-state index contributed by atoms with van der Waals surface area (Å²) in [4.78, 5) is 11.9. The summed E-state index contributed by atoms with van der Waals surface area (Å²) < 4.78 is 10.3. The molecule has 2 rings (SSSR count). The van der Waals surface area contributed by atoms with Gasteiger partial charge in [-0.15, -0.1) is 0 Å². The Hall–Kier alpha value is -2.44. The van der Waals surface area contributed by atoms with E-state index in [4.69, 9.17) is 21.1 Å². The number of anilines is 1. The van der Waals surface area contributed by atoms with Crippen LogP contribution in [0.2, 0.25) is 5.02 Å². The fraction of sp³-hybridized carbons (Fsp3) is 0.235. The second-order valence-electron chi connectivity index (χ2n) is 4.95. The van der Waals surface area contributed by atoms with E-state index in [-0.39, 0.29) is 6.54 Å². The number of benzene rings is 2. The summed E-state index contributed by atoms with van der Waals surface area (Å²) in [6.45, 7) is 0.0335. The van der Waals surface area contributed by atoms with Gasteiger partial charge in [0.1, 0.15) is 0 Å². The summed E-state index contributed by atoms with van der Waals surface area (Å²) in [6.07, 6.45) is -0.887. The predicted molar refractivity (Wildman–Crippen MR) is 93.0 cm³/mol. The topological polar surface area (TPSA) is 79.8 Å². The van der Waals surface area contributed by atoms with E-state index in [9.17, 15) is 9.90 Å². The number of aliphatic hydroxyl groups excluding tert-OH is 1. The highest BCUT2D eigenvalue weighted by molar-refractivity contribution is 6.33. The number of urea groups is 1. The van der Waals surface area contributed by atoms with Crippen LogP contribution in [0.3, 0.4) is 0 Å². The van der Waals surface area contributed by atoms with Crippen LogP contribution in [0.25, 0.3) is 0 Å². The molecular weight excluding hydrogens is 332 g/mol. The Labute approximate surface area is 145 Å². The zero-order valence-electron chi connectivity index (χ0n) is 13.4. The molecule has 7 heteroatoms. The van der Waals surface area contributed by atoms with Crippen LogP contribution >= 0.6 is 11.6 Å². The number of halogens is 1. The molecule has 2 amide bonds. The lowest BCUT2D eigenvalue weighted by Gasteiger charge is -2.15. The summed E-state index contributed by atoms with van der Waals surface area (Å²) in [6, 6.07) is 11.5. The number of ether oxygens (including phenoxy) is 2. The smallest absolute Gasteiger partial charge is 0.319 e. The lowest BCUT2D eigenvalue weighted by Crippen LogP contribution is -2.32. The van der Waals surface area contributed by atoms with Gasteiger partial charge in [0.15, 0.2) is 11.5 Å². The third-order valence-electron chi connectivity index (χ3n) is 3.37. The number of carbonyl (C=O) groups excluding carboxylic acids is 1. The zero-order valence-corrected chi connectivity index (χ0v) is 14.1. The van der Waals surface area contributed by atoms with Crippen molar-refractivity contribution in [2.75, 3.05) is 26.1 Å². The maximum atomic E-state index is 11.9. The molecule has 0 saturated heterocycles. The van der Waals surface area contributed by atoms with Crippen LogP contribution in [-0.4, -0.2) is 31.9 Å². The molecular formula is C17H19ClN2O4. The van der Waals surface area contributed by atoms with Crippen molar-refractivity contribution in [2.45, 2.75) is 6.10 Å². The highest BCUT2D eigenvalue weighted by Gasteiger charge is 2.13. The summed E-state index contributed by atoms with van der Waals surface area (Å²) in [5.41, 5.74) is 1.10. The van der Waals surface area contributed by atoms with Crippen molar-refractivity contribution in [3.63, 3.8) is 0 Å². The Balaban J connectivity index is 1.94. The Morgan fingerprint density at radius 3 is 2.54 bits per heavy atom. The molecule has 6 nitrogen and oxygen atoms in total. The average molecular weight is 351 g/mol. The second kappa shape index (κ2) is 8.42. The molecule has 3 N–H and O–H groups in total.